The van der Waals surface area contributed by atoms with E-state index in [0.717, 1.165) is 5.56 Å². The summed E-state index contributed by atoms with van der Waals surface area (Å²) in [6, 6.07) is 10.4. The predicted molar refractivity (Wildman–Crippen MR) is 85.2 cm³/mol. The summed E-state index contributed by atoms with van der Waals surface area (Å²) >= 11 is 0. The van der Waals surface area contributed by atoms with Crippen LogP contribution in [0.5, 0.6) is 5.75 Å². The van der Waals surface area contributed by atoms with Gasteiger partial charge >= 0.3 is 5.97 Å². The van der Waals surface area contributed by atoms with E-state index in [4.69, 9.17) is 9.84 Å². The SMILES string of the molecule is CC.O=COc1ccc(C(=O)O)cc1CCc1ccc(F)cc1. The van der Waals surface area contributed by atoms with Crippen molar-refractivity contribution in [3.63, 3.8) is 0 Å². The lowest BCUT2D eigenvalue weighted by molar-refractivity contribution is -0.120. The summed E-state index contributed by atoms with van der Waals surface area (Å²) in [6.45, 7) is 4.30. The number of aromatic carboxylic acids is 1. The maximum Gasteiger partial charge on any atom is 0.335 e. The van der Waals surface area contributed by atoms with E-state index in [9.17, 15) is 14.0 Å². The fraction of sp³-hybridized carbons (Fsp3) is 0.222. The van der Waals surface area contributed by atoms with Gasteiger partial charge in [0, 0.05) is 0 Å². The number of carboxylic acid groups (broad SMARTS) is 1. The van der Waals surface area contributed by atoms with E-state index in [0.29, 0.717) is 30.6 Å². The van der Waals surface area contributed by atoms with Crippen molar-refractivity contribution >= 4 is 12.4 Å². The lowest BCUT2D eigenvalue weighted by atomic mass is 10.0. The Morgan fingerprint density at radius 3 is 2.35 bits per heavy atom. The van der Waals surface area contributed by atoms with Crippen LogP contribution in [0.4, 0.5) is 4.39 Å². The average molecular weight is 318 g/mol. The molecule has 5 heteroatoms. The number of rotatable bonds is 6. The number of hydrogen-bond donors (Lipinski definition) is 1. The van der Waals surface area contributed by atoms with Gasteiger partial charge in [0.15, 0.2) is 0 Å². The highest BCUT2D eigenvalue weighted by atomic mass is 19.1. The van der Waals surface area contributed by atoms with Crippen LogP contribution < -0.4 is 4.74 Å². The summed E-state index contributed by atoms with van der Waals surface area (Å²) in [5, 5.41) is 8.99. The van der Waals surface area contributed by atoms with E-state index in [1.165, 1.54) is 30.3 Å². The molecule has 0 aliphatic heterocycles. The molecule has 0 heterocycles. The second kappa shape index (κ2) is 9.35. The first kappa shape index (κ1) is 18.4. The van der Waals surface area contributed by atoms with Gasteiger partial charge in [-0.2, -0.15) is 0 Å². The Morgan fingerprint density at radius 2 is 1.78 bits per heavy atom. The zero-order valence-corrected chi connectivity index (χ0v) is 13.1. The van der Waals surface area contributed by atoms with Crippen molar-refractivity contribution < 1.29 is 23.8 Å². The molecule has 23 heavy (non-hydrogen) atoms. The highest BCUT2D eigenvalue weighted by molar-refractivity contribution is 5.88. The molecule has 0 aliphatic rings. The summed E-state index contributed by atoms with van der Waals surface area (Å²) in [5.41, 5.74) is 1.66. The number of carbonyl (C=O) groups is 2. The maximum atomic E-state index is 12.8. The Bertz CT molecular complexity index is 651. The van der Waals surface area contributed by atoms with Crippen LogP contribution in [0.2, 0.25) is 0 Å². The van der Waals surface area contributed by atoms with Crippen molar-refractivity contribution in [3.8, 4) is 5.75 Å². The Labute approximate surface area is 134 Å². The molecule has 0 spiro atoms. The minimum atomic E-state index is -1.05. The van der Waals surface area contributed by atoms with Crippen molar-refractivity contribution in [1.29, 1.82) is 0 Å². The van der Waals surface area contributed by atoms with Crippen LogP contribution in [-0.4, -0.2) is 17.5 Å². The van der Waals surface area contributed by atoms with E-state index in [1.54, 1.807) is 12.1 Å². The first-order valence-corrected chi connectivity index (χ1v) is 7.31. The summed E-state index contributed by atoms with van der Waals surface area (Å²) in [7, 11) is 0. The van der Waals surface area contributed by atoms with Gasteiger partial charge in [-0.25, -0.2) is 9.18 Å². The summed E-state index contributed by atoms with van der Waals surface area (Å²) < 4.78 is 17.7. The van der Waals surface area contributed by atoms with Gasteiger partial charge in [-0.05, 0) is 54.3 Å². The van der Waals surface area contributed by atoms with E-state index in [2.05, 4.69) is 0 Å². The van der Waals surface area contributed by atoms with Gasteiger partial charge in [0.05, 0.1) is 5.56 Å². The summed E-state index contributed by atoms with van der Waals surface area (Å²) in [6.07, 6.45) is 1.06. The lowest BCUT2D eigenvalue weighted by Gasteiger charge is -2.08. The van der Waals surface area contributed by atoms with E-state index in [1.807, 2.05) is 13.8 Å². The van der Waals surface area contributed by atoms with E-state index in [-0.39, 0.29) is 11.4 Å². The third-order valence-corrected chi connectivity index (χ3v) is 3.08. The molecule has 0 bridgehead atoms. The molecule has 0 atom stereocenters. The maximum absolute atomic E-state index is 12.8. The summed E-state index contributed by atoms with van der Waals surface area (Å²) in [5.74, 6) is -1.02. The van der Waals surface area contributed by atoms with Gasteiger partial charge in [-0.15, -0.1) is 0 Å². The monoisotopic (exact) mass is 318 g/mol. The largest absolute Gasteiger partial charge is 0.478 e. The van der Waals surface area contributed by atoms with Crippen LogP contribution in [0.15, 0.2) is 42.5 Å². The lowest BCUT2D eigenvalue weighted by Crippen LogP contribution is -2.02. The molecule has 0 aromatic heterocycles. The second-order valence-corrected chi connectivity index (χ2v) is 4.47. The number of ether oxygens (including phenoxy) is 1. The third kappa shape index (κ3) is 5.54. The topological polar surface area (TPSA) is 63.6 Å². The standard InChI is InChI=1S/C16H13FO4.C2H6/c17-14-6-2-11(3-7-14)1-4-12-9-13(16(19)20)5-8-15(12)21-10-18;1-2/h2-3,5-10H,1,4H2,(H,19,20);1-2H3. The molecule has 122 valence electrons. The van der Waals surface area contributed by atoms with Crippen molar-refractivity contribution in [1.82, 2.24) is 0 Å². The van der Waals surface area contributed by atoms with Crippen molar-refractivity contribution in [2.75, 3.05) is 0 Å². The fourth-order valence-electron chi connectivity index (χ4n) is 2.00. The van der Waals surface area contributed by atoms with Crippen LogP contribution in [0.25, 0.3) is 0 Å². The van der Waals surface area contributed by atoms with Crippen molar-refractivity contribution in [2.24, 2.45) is 0 Å². The first-order chi connectivity index (χ1) is 11.1. The number of aryl methyl sites for hydroxylation is 2. The first-order valence-electron chi connectivity index (χ1n) is 7.31. The number of carboxylic acids is 1. The number of hydrogen-bond acceptors (Lipinski definition) is 3. The molecule has 2 aromatic rings. The molecule has 0 fully saturated rings. The molecule has 2 rings (SSSR count). The normalized spacial score (nSPS) is 9.52. The number of benzene rings is 2. The molecular weight excluding hydrogens is 299 g/mol. The molecule has 0 unspecified atom stereocenters. The highest BCUT2D eigenvalue weighted by Crippen LogP contribution is 2.22. The molecule has 0 amide bonds. The molecule has 2 aromatic carbocycles. The molecular formula is C18H19FO4. The molecule has 1 N–H and O–H groups in total. The molecule has 0 saturated heterocycles. The minimum absolute atomic E-state index is 0.127. The van der Waals surface area contributed by atoms with Crippen LogP contribution in [0.3, 0.4) is 0 Å². The quantitative estimate of drug-likeness (QED) is 0.821. The van der Waals surface area contributed by atoms with Crippen molar-refractivity contribution in [2.45, 2.75) is 26.7 Å². The van der Waals surface area contributed by atoms with Crippen LogP contribution >= 0.6 is 0 Å². The summed E-state index contributed by atoms with van der Waals surface area (Å²) in [4.78, 5) is 21.5. The van der Waals surface area contributed by atoms with Crippen LogP contribution in [0, 0.1) is 5.82 Å². The van der Waals surface area contributed by atoms with Gasteiger partial charge in [0.1, 0.15) is 11.6 Å². The van der Waals surface area contributed by atoms with Gasteiger partial charge in [-0.1, -0.05) is 26.0 Å². The van der Waals surface area contributed by atoms with E-state index >= 15 is 0 Å². The smallest absolute Gasteiger partial charge is 0.335 e. The zero-order chi connectivity index (χ0) is 17.2. The Hall–Kier alpha value is -2.69. The minimum Gasteiger partial charge on any atom is -0.478 e. The second-order valence-electron chi connectivity index (χ2n) is 4.47. The zero-order valence-electron chi connectivity index (χ0n) is 13.1. The van der Waals surface area contributed by atoms with E-state index < -0.39 is 5.97 Å². The molecule has 0 saturated carbocycles. The Morgan fingerprint density at radius 1 is 1.13 bits per heavy atom. The third-order valence-electron chi connectivity index (χ3n) is 3.08. The van der Waals surface area contributed by atoms with Gasteiger partial charge < -0.3 is 9.84 Å². The Balaban J connectivity index is 0.00000127. The highest BCUT2D eigenvalue weighted by Gasteiger charge is 2.10. The predicted octanol–water partition coefficient (Wildman–Crippen LogP) is 3.87. The molecule has 0 radical (unpaired) electrons. The number of carbonyl (C=O) groups excluding carboxylic acids is 1. The van der Waals surface area contributed by atoms with Gasteiger partial charge in [0.25, 0.3) is 6.47 Å². The fourth-order valence-corrected chi connectivity index (χ4v) is 2.00. The van der Waals surface area contributed by atoms with Gasteiger partial charge in [-0.3, -0.25) is 4.79 Å². The average Bonchev–Trinajstić information content (AvgIpc) is 2.57. The molecule has 0 aliphatic carbocycles. The van der Waals surface area contributed by atoms with Crippen LogP contribution in [0.1, 0.15) is 35.3 Å². The number of halogens is 1. The molecule has 4 nitrogen and oxygen atoms in total. The van der Waals surface area contributed by atoms with Crippen LogP contribution in [-0.2, 0) is 17.6 Å². The Kier molecular flexibility index (Phi) is 7.47. The van der Waals surface area contributed by atoms with Crippen molar-refractivity contribution in [3.05, 3.63) is 65.0 Å². The van der Waals surface area contributed by atoms with Gasteiger partial charge in [0.2, 0.25) is 0 Å².